The number of carbonyl (C=O) groups is 1. The van der Waals surface area contributed by atoms with Crippen LogP contribution >= 0.6 is 0 Å². The lowest BCUT2D eigenvalue weighted by atomic mass is 9.93. The van der Waals surface area contributed by atoms with E-state index < -0.39 is 5.54 Å². The van der Waals surface area contributed by atoms with Crippen LogP contribution in [0.4, 0.5) is 0 Å². The Labute approximate surface area is 86.8 Å². The van der Waals surface area contributed by atoms with Gasteiger partial charge in [0, 0.05) is 6.54 Å². The molecule has 0 rings (SSSR count). The van der Waals surface area contributed by atoms with Gasteiger partial charge in [-0.1, -0.05) is 25.5 Å². The number of carbonyl (C=O) groups excluding carboxylic acids is 1. The van der Waals surface area contributed by atoms with Gasteiger partial charge in [-0.15, -0.1) is 0 Å². The molecule has 82 valence electrons. The molecule has 0 heterocycles. The van der Waals surface area contributed by atoms with Gasteiger partial charge in [0.2, 0.25) is 5.91 Å². The molecule has 0 aromatic heterocycles. The molecule has 0 aliphatic carbocycles. The van der Waals surface area contributed by atoms with E-state index in [0.29, 0.717) is 19.4 Å². The fourth-order valence-corrected chi connectivity index (χ4v) is 1.09. The molecule has 14 heavy (non-hydrogen) atoms. The third-order valence-electron chi connectivity index (χ3n) is 2.49. The standard InChI is InChI=1S/C11H22N2O/c1-5-11(12,6-2)10(14)13-8-7-9(3)4/h7H,5-6,8,12H2,1-4H3,(H,13,14). The molecule has 3 N–H and O–H groups in total. The predicted molar refractivity (Wildman–Crippen MR) is 59.9 cm³/mol. The number of hydrogen-bond acceptors (Lipinski definition) is 2. The van der Waals surface area contributed by atoms with Crippen LogP contribution in [0.3, 0.4) is 0 Å². The van der Waals surface area contributed by atoms with Crippen molar-refractivity contribution in [3.63, 3.8) is 0 Å². The highest BCUT2D eigenvalue weighted by molar-refractivity contribution is 5.86. The molecule has 0 aromatic carbocycles. The zero-order valence-electron chi connectivity index (χ0n) is 9.68. The first-order valence-corrected chi connectivity index (χ1v) is 5.16. The topological polar surface area (TPSA) is 55.1 Å². The molecule has 0 fully saturated rings. The SMILES string of the molecule is CCC(N)(CC)C(=O)NCC=C(C)C. The van der Waals surface area contributed by atoms with Crippen LogP contribution in [0, 0.1) is 0 Å². The summed E-state index contributed by atoms with van der Waals surface area (Å²) in [5.41, 5.74) is 6.42. The van der Waals surface area contributed by atoms with E-state index in [1.165, 1.54) is 5.57 Å². The Morgan fingerprint density at radius 2 is 1.86 bits per heavy atom. The molecule has 0 saturated heterocycles. The van der Waals surface area contributed by atoms with Gasteiger partial charge >= 0.3 is 0 Å². The second kappa shape index (κ2) is 5.81. The molecule has 0 bridgehead atoms. The van der Waals surface area contributed by atoms with E-state index in [4.69, 9.17) is 5.73 Å². The summed E-state index contributed by atoms with van der Waals surface area (Å²) >= 11 is 0. The van der Waals surface area contributed by atoms with Gasteiger partial charge in [0.15, 0.2) is 0 Å². The third kappa shape index (κ3) is 3.92. The molecular formula is C11H22N2O. The van der Waals surface area contributed by atoms with E-state index in [-0.39, 0.29) is 5.91 Å². The molecule has 3 nitrogen and oxygen atoms in total. The van der Waals surface area contributed by atoms with E-state index in [2.05, 4.69) is 5.32 Å². The minimum absolute atomic E-state index is 0.0556. The lowest BCUT2D eigenvalue weighted by Gasteiger charge is -2.24. The van der Waals surface area contributed by atoms with Crippen molar-refractivity contribution in [2.24, 2.45) is 5.73 Å². The van der Waals surface area contributed by atoms with Crippen LogP contribution in [0.15, 0.2) is 11.6 Å². The minimum Gasteiger partial charge on any atom is -0.351 e. The molecular weight excluding hydrogens is 176 g/mol. The fourth-order valence-electron chi connectivity index (χ4n) is 1.09. The monoisotopic (exact) mass is 198 g/mol. The predicted octanol–water partition coefficient (Wildman–Crippen LogP) is 1.59. The minimum atomic E-state index is -0.699. The van der Waals surface area contributed by atoms with Crippen molar-refractivity contribution < 1.29 is 4.79 Å². The number of allylic oxidation sites excluding steroid dienone is 1. The Kier molecular flexibility index (Phi) is 5.46. The van der Waals surface area contributed by atoms with Crippen molar-refractivity contribution in [1.82, 2.24) is 5.32 Å². The Hall–Kier alpha value is -0.830. The summed E-state index contributed by atoms with van der Waals surface area (Å²) in [6.45, 7) is 8.44. The van der Waals surface area contributed by atoms with Gasteiger partial charge in [-0.25, -0.2) is 0 Å². The highest BCUT2D eigenvalue weighted by Gasteiger charge is 2.28. The molecule has 3 heteroatoms. The average Bonchev–Trinajstić information content (AvgIpc) is 2.15. The summed E-state index contributed by atoms with van der Waals surface area (Å²) < 4.78 is 0. The van der Waals surface area contributed by atoms with Gasteiger partial charge in [-0.3, -0.25) is 4.79 Å². The summed E-state index contributed by atoms with van der Waals surface area (Å²) in [6.07, 6.45) is 3.32. The van der Waals surface area contributed by atoms with Crippen molar-refractivity contribution in [2.45, 2.75) is 46.1 Å². The normalized spacial score (nSPS) is 10.9. The van der Waals surface area contributed by atoms with Crippen LogP contribution in [0.25, 0.3) is 0 Å². The van der Waals surface area contributed by atoms with Crippen LogP contribution in [0.5, 0.6) is 0 Å². The lowest BCUT2D eigenvalue weighted by Crippen LogP contribution is -2.53. The first kappa shape index (κ1) is 13.2. The second-order valence-electron chi connectivity index (χ2n) is 3.85. The fraction of sp³-hybridized carbons (Fsp3) is 0.727. The number of amides is 1. The van der Waals surface area contributed by atoms with Crippen LogP contribution in [0.2, 0.25) is 0 Å². The molecule has 0 spiro atoms. The van der Waals surface area contributed by atoms with Crippen LogP contribution in [-0.2, 0) is 4.79 Å². The third-order valence-corrected chi connectivity index (χ3v) is 2.49. The van der Waals surface area contributed by atoms with E-state index in [1.807, 2.05) is 33.8 Å². The molecule has 0 saturated carbocycles. The summed E-state index contributed by atoms with van der Waals surface area (Å²) in [6, 6.07) is 0. The van der Waals surface area contributed by atoms with Gasteiger partial charge in [0.05, 0.1) is 5.54 Å². The number of nitrogens with one attached hydrogen (secondary N) is 1. The van der Waals surface area contributed by atoms with Gasteiger partial charge in [0.25, 0.3) is 0 Å². The maximum Gasteiger partial charge on any atom is 0.240 e. The average molecular weight is 198 g/mol. The molecule has 0 atom stereocenters. The van der Waals surface area contributed by atoms with Crippen molar-refractivity contribution >= 4 is 5.91 Å². The first-order chi connectivity index (χ1) is 6.46. The highest BCUT2D eigenvalue weighted by atomic mass is 16.2. The van der Waals surface area contributed by atoms with Crippen molar-refractivity contribution in [1.29, 1.82) is 0 Å². The highest BCUT2D eigenvalue weighted by Crippen LogP contribution is 2.10. The molecule has 0 aliphatic rings. The first-order valence-electron chi connectivity index (χ1n) is 5.16. The smallest absolute Gasteiger partial charge is 0.240 e. The quantitative estimate of drug-likeness (QED) is 0.659. The summed E-state index contributed by atoms with van der Waals surface area (Å²) in [7, 11) is 0. The van der Waals surface area contributed by atoms with Crippen molar-refractivity contribution in [3.8, 4) is 0 Å². The maximum atomic E-state index is 11.6. The molecule has 0 radical (unpaired) electrons. The largest absolute Gasteiger partial charge is 0.351 e. The van der Waals surface area contributed by atoms with E-state index in [9.17, 15) is 4.79 Å². The molecule has 1 amide bonds. The molecule has 0 unspecified atom stereocenters. The van der Waals surface area contributed by atoms with Gasteiger partial charge in [-0.05, 0) is 26.7 Å². The van der Waals surface area contributed by atoms with E-state index >= 15 is 0 Å². The van der Waals surface area contributed by atoms with Gasteiger partial charge < -0.3 is 11.1 Å². The Bertz CT molecular complexity index is 213. The maximum absolute atomic E-state index is 11.6. The van der Waals surface area contributed by atoms with Crippen LogP contribution < -0.4 is 11.1 Å². The van der Waals surface area contributed by atoms with E-state index in [0.717, 1.165) is 0 Å². The number of hydrogen-bond donors (Lipinski definition) is 2. The zero-order valence-corrected chi connectivity index (χ0v) is 9.68. The Balaban J connectivity index is 4.13. The van der Waals surface area contributed by atoms with Crippen LogP contribution in [-0.4, -0.2) is 18.0 Å². The molecule has 0 aromatic rings. The van der Waals surface area contributed by atoms with E-state index in [1.54, 1.807) is 0 Å². The second-order valence-corrected chi connectivity index (χ2v) is 3.85. The van der Waals surface area contributed by atoms with Crippen molar-refractivity contribution in [3.05, 3.63) is 11.6 Å². The van der Waals surface area contributed by atoms with Gasteiger partial charge in [0.1, 0.15) is 0 Å². The molecule has 0 aliphatic heterocycles. The Morgan fingerprint density at radius 1 is 1.36 bits per heavy atom. The van der Waals surface area contributed by atoms with Crippen LogP contribution in [0.1, 0.15) is 40.5 Å². The zero-order chi connectivity index (χ0) is 11.2. The number of rotatable bonds is 5. The van der Waals surface area contributed by atoms with Crippen molar-refractivity contribution in [2.75, 3.05) is 6.54 Å². The summed E-state index contributed by atoms with van der Waals surface area (Å²) in [5.74, 6) is -0.0556. The summed E-state index contributed by atoms with van der Waals surface area (Å²) in [5, 5.41) is 2.82. The number of nitrogens with two attached hydrogens (primary N) is 1. The van der Waals surface area contributed by atoms with Gasteiger partial charge in [-0.2, -0.15) is 0 Å². The lowest BCUT2D eigenvalue weighted by molar-refractivity contribution is -0.126. The Morgan fingerprint density at radius 3 is 2.21 bits per heavy atom. The summed E-state index contributed by atoms with van der Waals surface area (Å²) in [4.78, 5) is 11.6.